The number of halogens is 1. The van der Waals surface area contributed by atoms with Crippen molar-refractivity contribution in [3.63, 3.8) is 0 Å². The lowest BCUT2D eigenvalue weighted by atomic mass is 10.2. The topological polar surface area (TPSA) is 21.3 Å². The zero-order chi connectivity index (χ0) is 15.1. The third-order valence-electron chi connectivity index (χ3n) is 3.07. The molecule has 0 unspecified atom stereocenters. The van der Waals surface area contributed by atoms with Gasteiger partial charge in [0, 0.05) is 11.4 Å². The molecule has 0 aliphatic rings. The van der Waals surface area contributed by atoms with Gasteiger partial charge in [0.1, 0.15) is 5.75 Å². The summed E-state index contributed by atoms with van der Waals surface area (Å²) in [5.74, 6) is 0.870. The Bertz CT molecular complexity index is 589. The first-order chi connectivity index (χ1) is 10.3. The fourth-order valence-corrected chi connectivity index (χ4v) is 3.39. The molecule has 0 aromatic heterocycles. The molecule has 2 aromatic rings. The number of para-hydroxylation sites is 1. The molecule has 2 nitrogen and oxygen atoms in total. The second kappa shape index (κ2) is 8.32. The van der Waals surface area contributed by atoms with Crippen molar-refractivity contribution in [2.45, 2.75) is 29.7 Å². The number of hydrogen-bond donors (Lipinski definition) is 1. The van der Waals surface area contributed by atoms with Crippen LogP contribution in [-0.2, 0) is 6.54 Å². The van der Waals surface area contributed by atoms with Crippen LogP contribution in [0, 0.1) is 0 Å². The van der Waals surface area contributed by atoms with E-state index in [2.05, 4.69) is 24.4 Å². The first kappa shape index (κ1) is 16.2. The molecule has 0 spiro atoms. The molecular weight excluding hydrogens is 302 g/mol. The monoisotopic (exact) mass is 321 g/mol. The molecule has 21 heavy (non-hydrogen) atoms. The number of rotatable bonds is 7. The van der Waals surface area contributed by atoms with Crippen molar-refractivity contribution in [1.82, 2.24) is 5.32 Å². The van der Waals surface area contributed by atoms with Crippen molar-refractivity contribution in [2.24, 2.45) is 0 Å². The van der Waals surface area contributed by atoms with E-state index in [-0.39, 0.29) is 0 Å². The molecular formula is C17H20ClNOS. The lowest BCUT2D eigenvalue weighted by molar-refractivity contribution is 0.405. The van der Waals surface area contributed by atoms with Gasteiger partial charge in [-0.3, -0.25) is 0 Å². The minimum Gasteiger partial charge on any atom is -0.496 e. The molecule has 0 radical (unpaired) electrons. The van der Waals surface area contributed by atoms with E-state index in [1.54, 1.807) is 18.9 Å². The zero-order valence-electron chi connectivity index (χ0n) is 12.4. The first-order valence-corrected chi connectivity index (χ1v) is 8.24. The second-order valence-electron chi connectivity index (χ2n) is 4.66. The third-order valence-corrected chi connectivity index (χ3v) is 4.74. The Balaban J connectivity index is 2.25. The van der Waals surface area contributed by atoms with Crippen LogP contribution in [0.1, 0.15) is 18.9 Å². The molecule has 0 bridgehead atoms. The van der Waals surface area contributed by atoms with Crippen LogP contribution in [0.3, 0.4) is 0 Å². The van der Waals surface area contributed by atoms with Crippen molar-refractivity contribution in [3.8, 4) is 5.75 Å². The highest BCUT2D eigenvalue weighted by Crippen LogP contribution is 2.40. The van der Waals surface area contributed by atoms with E-state index in [0.29, 0.717) is 0 Å². The van der Waals surface area contributed by atoms with Gasteiger partial charge in [-0.05, 0) is 36.7 Å². The molecule has 0 aliphatic carbocycles. The quantitative estimate of drug-likeness (QED) is 0.725. The van der Waals surface area contributed by atoms with Crippen LogP contribution in [-0.4, -0.2) is 13.7 Å². The molecule has 0 fully saturated rings. The Labute approximate surface area is 135 Å². The molecule has 0 amide bonds. The Morgan fingerprint density at radius 3 is 2.71 bits per heavy atom. The summed E-state index contributed by atoms with van der Waals surface area (Å²) in [4.78, 5) is 2.16. The Morgan fingerprint density at radius 2 is 1.95 bits per heavy atom. The van der Waals surface area contributed by atoms with Crippen LogP contribution in [0.5, 0.6) is 5.75 Å². The largest absolute Gasteiger partial charge is 0.496 e. The van der Waals surface area contributed by atoms with E-state index in [0.717, 1.165) is 40.1 Å². The van der Waals surface area contributed by atoms with Crippen molar-refractivity contribution in [3.05, 3.63) is 53.1 Å². The maximum Gasteiger partial charge on any atom is 0.132 e. The fraction of sp³-hybridized carbons (Fsp3) is 0.294. The summed E-state index contributed by atoms with van der Waals surface area (Å²) in [5, 5.41) is 4.21. The zero-order valence-corrected chi connectivity index (χ0v) is 13.9. The Hall–Kier alpha value is -1.16. The molecule has 1 N–H and O–H groups in total. The van der Waals surface area contributed by atoms with Crippen molar-refractivity contribution >= 4 is 23.4 Å². The van der Waals surface area contributed by atoms with Crippen LogP contribution in [0.25, 0.3) is 0 Å². The molecule has 4 heteroatoms. The highest BCUT2D eigenvalue weighted by molar-refractivity contribution is 7.99. The van der Waals surface area contributed by atoms with E-state index in [1.807, 2.05) is 30.3 Å². The van der Waals surface area contributed by atoms with Crippen molar-refractivity contribution < 1.29 is 4.74 Å². The van der Waals surface area contributed by atoms with Gasteiger partial charge < -0.3 is 10.1 Å². The van der Waals surface area contributed by atoms with Crippen LogP contribution < -0.4 is 10.1 Å². The van der Waals surface area contributed by atoms with E-state index in [4.69, 9.17) is 16.3 Å². The van der Waals surface area contributed by atoms with Gasteiger partial charge in [0.2, 0.25) is 0 Å². The van der Waals surface area contributed by atoms with Crippen LogP contribution in [0.2, 0.25) is 5.02 Å². The van der Waals surface area contributed by atoms with Gasteiger partial charge in [0.25, 0.3) is 0 Å². The Kier molecular flexibility index (Phi) is 6.43. The third kappa shape index (κ3) is 4.40. The van der Waals surface area contributed by atoms with Crippen molar-refractivity contribution in [1.29, 1.82) is 0 Å². The smallest absolute Gasteiger partial charge is 0.132 e. The summed E-state index contributed by atoms with van der Waals surface area (Å²) >= 11 is 8.05. The van der Waals surface area contributed by atoms with Gasteiger partial charge in [0.15, 0.2) is 0 Å². The van der Waals surface area contributed by atoms with Gasteiger partial charge >= 0.3 is 0 Å². The normalized spacial score (nSPS) is 10.6. The summed E-state index contributed by atoms with van der Waals surface area (Å²) in [6.45, 7) is 3.99. The standard InChI is InChI=1S/C17H20ClNOS/c1-3-11-19-12-13-7-6-8-14(18)17(13)21-16-10-5-4-9-15(16)20-2/h4-10,19H,3,11-12H2,1-2H3. The maximum atomic E-state index is 6.40. The van der Waals surface area contributed by atoms with Gasteiger partial charge in [-0.1, -0.05) is 54.6 Å². The van der Waals surface area contributed by atoms with Gasteiger partial charge in [-0.2, -0.15) is 0 Å². The van der Waals surface area contributed by atoms with Crippen LogP contribution in [0.4, 0.5) is 0 Å². The summed E-state index contributed by atoms with van der Waals surface area (Å²) < 4.78 is 5.42. The van der Waals surface area contributed by atoms with Crippen LogP contribution in [0.15, 0.2) is 52.3 Å². The lowest BCUT2D eigenvalue weighted by Crippen LogP contribution is -2.14. The average Bonchev–Trinajstić information content (AvgIpc) is 2.51. The van der Waals surface area contributed by atoms with E-state index >= 15 is 0 Å². The molecule has 0 aliphatic heterocycles. The predicted octanol–water partition coefficient (Wildman–Crippen LogP) is 5.00. The van der Waals surface area contributed by atoms with Gasteiger partial charge in [-0.25, -0.2) is 0 Å². The second-order valence-corrected chi connectivity index (χ2v) is 6.12. The number of ether oxygens (including phenoxy) is 1. The minimum absolute atomic E-state index is 0.779. The maximum absolute atomic E-state index is 6.40. The van der Waals surface area contributed by atoms with E-state index < -0.39 is 0 Å². The summed E-state index contributed by atoms with van der Waals surface area (Å²) in [5.41, 5.74) is 1.21. The summed E-state index contributed by atoms with van der Waals surface area (Å²) in [6.07, 6.45) is 1.12. The number of benzene rings is 2. The number of methoxy groups -OCH3 is 1. The lowest BCUT2D eigenvalue weighted by Gasteiger charge is -2.13. The molecule has 2 aromatic carbocycles. The number of nitrogens with one attached hydrogen (secondary N) is 1. The van der Waals surface area contributed by atoms with Gasteiger partial charge in [-0.15, -0.1) is 0 Å². The summed E-state index contributed by atoms with van der Waals surface area (Å²) in [7, 11) is 1.69. The first-order valence-electron chi connectivity index (χ1n) is 7.05. The highest BCUT2D eigenvalue weighted by atomic mass is 35.5. The summed E-state index contributed by atoms with van der Waals surface area (Å²) in [6, 6.07) is 14.0. The van der Waals surface area contributed by atoms with Crippen LogP contribution >= 0.6 is 23.4 Å². The van der Waals surface area contributed by atoms with E-state index in [9.17, 15) is 0 Å². The molecule has 0 saturated heterocycles. The molecule has 112 valence electrons. The molecule has 0 atom stereocenters. The van der Waals surface area contributed by atoms with E-state index in [1.165, 1.54) is 5.56 Å². The number of hydrogen-bond acceptors (Lipinski definition) is 3. The fourth-order valence-electron chi connectivity index (χ4n) is 2.02. The SMILES string of the molecule is CCCNCc1cccc(Cl)c1Sc1ccccc1OC. The molecule has 2 rings (SSSR count). The van der Waals surface area contributed by atoms with Gasteiger partial charge in [0.05, 0.1) is 17.0 Å². The molecule has 0 saturated carbocycles. The molecule has 0 heterocycles. The van der Waals surface area contributed by atoms with Crippen molar-refractivity contribution in [2.75, 3.05) is 13.7 Å². The average molecular weight is 322 g/mol. The predicted molar refractivity (Wildman–Crippen MR) is 90.6 cm³/mol. The Morgan fingerprint density at radius 1 is 1.14 bits per heavy atom. The minimum atomic E-state index is 0.779. The highest BCUT2D eigenvalue weighted by Gasteiger charge is 2.11.